The van der Waals surface area contributed by atoms with E-state index in [4.69, 9.17) is 5.73 Å². The summed E-state index contributed by atoms with van der Waals surface area (Å²) in [6, 6.07) is 3.86. The Balaban J connectivity index is 2.11. The van der Waals surface area contributed by atoms with E-state index < -0.39 is 0 Å². The highest BCUT2D eigenvalue weighted by Gasteiger charge is 2.10. The van der Waals surface area contributed by atoms with Crippen LogP contribution in [0.3, 0.4) is 0 Å². The number of nitrogens with zero attached hydrogens (tertiary/aromatic N) is 3. The number of rotatable bonds is 4. The molecule has 0 saturated carbocycles. The Morgan fingerprint density at radius 1 is 1.44 bits per heavy atom. The monoisotopic (exact) mass is 216 g/mol. The lowest BCUT2D eigenvalue weighted by molar-refractivity contribution is 0.627. The van der Waals surface area contributed by atoms with E-state index in [1.165, 1.54) is 0 Å². The molecule has 0 aliphatic rings. The summed E-state index contributed by atoms with van der Waals surface area (Å²) in [6.45, 7) is 3.02. The molecule has 16 heavy (non-hydrogen) atoms. The molecule has 4 heteroatoms. The third-order valence-corrected chi connectivity index (χ3v) is 2.66. The van der Waals surface area contributed by atoms with E-state index >= 15 is 0 Å². The normalized spacial score (nSPS) is 12.6. The number of pyridine rings is 1. The average Bonchev–Trinajstić information content (AvgIpc) is 2.77. The Morgan fingerprint density at radius 2 is 2.31 bits per heavy atom. The molecule has 2 rings (SSSR count). The minimum Gasteiger partial charge on any atom is -0.335 e. The van der Waals surface area contributed by atoms with E-state index in [1.807, 2.05) is 30.7 Å². The van der Waals surface area contributed by atoms with Crippen LogP contribution < -0.4 is 5.73 Å². The molecule has 4 nitrogen and oxygen atoms in total. The molecule has 0 radical (unpaired) electrons. The van der Waals surface area contributed by atoms with Crippen LogP contribution in [0.15, 0.2) is 36.9 Å². The van der Waals surface area contributed by atoms with Gasteiger partial charge in [0.15, 0.2) is 0 Å². The van der Waals surface area contributed by atoms with Gasteiger partial charge in [0.05, 0.1) is 0 Å². The van der Waals surface area contributed by atoms with Crippen LogP contribution in [0.2, 0.25) is 0 Å². The molecule has 0 aliphatic heterocycles. The summed E-state index contributed by atoms with van der Waals surface area (Å²) in [6.07, 6.45) is 8.10. The predicted octanol–water partition coefficient (Wildman–Crippen LogP) is 1.54. The zero-order valence-corrected chi connectivity index (χ0v) is 9.37. The molecular weight excluding hydrogens is 200 g/mol. The van der Waals surface area contributed by atoms with Crippen LogP contribution >= 0.6 is 0 Å². The molecule has 0 aliphatic carbocycles. The van der Waals surface area contributed by atoms with E-state index in [0.29, 0.717) is 0 Å². The van der Waals surface area contributed by atoms with Gasteiger partial charge in [-0.05, 0) is 18.6 Å². The van der Waals surface area contributed by atoms with Crippen molar-refractivity contribution in [2.75, 3.05) is 0 Å². The van der Waals surface area contributed by atoms with Crippen LogP contribution in [0.5, 0.6) is 0 Å². The molecule has 2 N–H and O–H groups in total. The van der Waals surface area contributed by atoms with E-state index in [2.05, 4.69) is 21.5 Å². The largest absolute Gasteiger partial charge is 0.335 e. The first-order chi connectivity index (χ1) is 7.81. The fourth-order valence-corrected chi connectivity index (χ4v) is 1.73. The molecule has 0 amide bonds. The maximum atomic E-state index is 6.12. The van der Waals surface area contributed by atoms with Gasteiger partial charge in [0, 0.05) is 43.8 Å². The number of imidazole rings is 1. The molecule has 1 atom stereocenters. The van der Waals surface area contributed by atoms with Crippen LogP contribution in [0.1, 0.15) is 24.4 Å². The fourth-order valence-electron chi connectivity index (χ4n) is 1.73. The summed E-state index contributed by atoms with van der Waals surface area (Å²) >= 11 is 0. The van der Waals surface area contributed by atoms with Gasteiger partial charge in [0.1, 0.15) is 5.82 Å². The minimum absolute atomic E-state index is 0.0404. The highest BCUT2D eigenvalue weighted by Crippen LogP contribution is 2.13. The van der Waals surface area contributed by atoms with Gasteiger partial charge in [-0.2, -0.15) is 0 Å². The smallest absolute Gasteiger partial charge is 0.110 e. The lowest BCUT2D eigenvalue weighted by atomic mass is 10.1. The molecule has 1 unspecified atom stereocenters. The van der Waals surface area contributed by atoms with Gasteiger partial charge in [0.25, 0.3) is 0 Å². The molecule has 0 fully saturated rings. The molecule has 0 aromatic carbocycles. The molecule has 2 aromatic heterocycles. The lowest BCUT2D eigenvalue weighted by Crippen LogP contribution is -2.16. The average molecular weight is 216 g/mol. The van der Waals surface area contributed by atoms with Crippen molar-refractivity contribution in [2.45, 2.75) is 25.9 Å². The molecule has 0 saturated heterocycles. The van der Waals surface area contributed by atoms with E-state index in [9.17, 15) is 0 Å². The van der Waals surface area contributed by atoms with Crippen molar-refractivity contribution in [3.8, 4) is 0 Å². The minimum atomic E-state index is -0.0404. The number of aryl methyl sites for hydroxylation is 1. The Kier molecular flexibility index (Phi) is 3.31. The highest BCUT2D eigenvalue weighted by atomic mass is 15.1. The third kappa shape index (κ3) is 2.28. The van der Waals surface area contributed by atoms with Gasteiger partial charge >= 0.3 is 0 Å². The highest BCUT2D eigenvalue weighted by molar-refractivity contribution is 5.15. The topological polar surface area (TPSA) is 56.7 Å². The Morgan fingerprint density at radius 3 is 3.00 bits per heavy atom. The number of nitrogens with two attached hydrogens (primary N) is 1. The van der Waals surface area contributed by atoms with Crippen LogP contribution in [-0.2, 0) is 13.0 Å². The molecule has 84 valence electrons. The Hall–Kier alpha value is -1.68. The molecule has 0 bridgehead atoms. The van der Waals surface area contributed by atoms with E-state index in [0.717, 1.165) is 24.4 Å². The van der Waals surface area contributed by atoms with Gasteiger partial charge in [-0.3, -0.25) is 4.98 Å². The summed E-state index contributed by atoms with van der Waals surface area (Å²) < 4.78 is 2.11. The van der Waals surface area contributed by atoms with Crippen molar-refractivity contribution in [3.63, 3.8) is 0 Å². The van der Waals surface area contributed by atoms with Gasteiger partial charge in [-0.15, -0.1) is 0 Å². The van der Waals surface area contributed by atoms with Crippen molar-refractivity contribution in [3.05, 3.63) is 48.3 Å². The predicted molar refractivity (Wildman–Crippen MR) is 62.8 cm³/mol. The quantitative estimate of drug-likeness (QED) is 0.843. The Labute approximate surface area is 95.1 Å². The number of hydrogen-bond acceptors (Lipinski definition) is 3. The first-order valence-corrected chi connectivity index (χ1v) is 5.46. The van der Waals surface area contributed by atoms with Crippen molar-refractivity contribution in [1.29, 1.82) is 0 Å². The maximum absolute atomic E-state index is 6.12. The van der Waals surface area contributed by atoms with Gasteiger partial charge in [-0.25, -0.2) is 4.98 Å². The maximum Gasteiger partial charge on any atom is 0.110 e. The molecule has 2 heterocycles. The Bertz CT molecular complexity index is 435. The number of aromatic nitrogens is 3. The number of hydrogen-bond donors (Lipinski definition) is 1. The first-order valence-electron chi connectivity index (χ1n) is 5.46. The zero-order chi connectivity index (χ0) is 11.4. The fraction of sp³-hybridized carbons (Fsp3) is 0.333. The first kappa shape index (κ1) is 10.8. The van der Waals surface area contributed by atoms with Crippen molar-refractivity contribution in [2.24, 2.45) is 5.73 Å². The van der Waals surface area contributed by atoms with Crippen LogP contribution in [0, 0.1) is 0 Å². The van der Waals surface area contributed by atoms with Crippen molar-refractivity contribution < 1.29 is 0 Å². The second-order valence-corrected chi connectivity index (χ2v) is 3.73. The van der Waals surface area contributed by atoms with Crippen molar-refractivity contribution in [1.82, 2.24) is 14.5 Å². The summed E-state index contributed by atoms with van der Waals surface area (Å²) in [5, 5.41) is 0. The molecular formula is C12H16N4. The van der Waals surface area contributed by atoms with E-state index in [-0.39, 0.29) is 6.04 Å². The van der Waals surface area contributed by atoms with Crippen LogP contribution in [0.4, 0.5) is 0 Å². The van der Waals surface area contributed by atoms with Gasteiger partial charge in [-0.1, -0.05) is 6.07 Å². The molecule has 0 spiro atoms. The van der Waals surface area contributed by atoms with Crippen LogP contribution in [0.25, 0.3) is 0 Å². The molecule has 2 aromatic rings. The summed E-state index contributed by atoms with van der Waals surface area (Å²) in [4.78, 5) is 8.39. The van der Waals surface area contributed by atoms with Crippen molar-refractivity contribution >= 4 is 0 Å². The van der Waals surface area contributed by atoms with Gasteiger partial charge in [0.2, 0.25) is 0 Å². The zero-order valence-electron chi connectivity index (χ0n) is 9.37. The second kappa shape index (κ2) is 4.90. The summed E-state index contributed by atoms with van der Waals surface area (Å²) in [7, 11) is 0. The third-order valence-electron chi connectivity index (χ3n) is 2.66. The SMILES string of the molecule is CCn1ccnc1CC(N)c1cccnc1. The second-order valence-electron chi connectivity index (χ2n) is 3.73. The van der Waals surface area contributed by atoms with E-state index in [1.54, 1.807) is 6.20 Å². The van der Waals surface area contributed by atoms with Gasteiger partial charge < -0.3 is 10.3 Å². The van der Waals surface area contributed by atoms with Crippen LogP contribution in [-0.4, -0.2) is 14.5 Å². The summed E-state index contributed by atoms with van der Waals surface area (Å²) in [5.41, 5.74) is 7.17. The summed E-state index contributed by atoms with van der Waals surface area (Å²) in [5.74, 6) is 1.03. The lowest BCUT2D eigenvalue weighted by Gasteiger charge is -2.12. The standard InChI is InChI=1S/C12H16N4/c1-2-16-7-6-15-12(16)8-11(13)10-4-3-5-14-9-10/h3-7,9,11H,2,8,13H2,1H3.